The summed E-state index contributed by atoms with van der Waals surface area (Å²) in [7, 11) is 1.71. The van der Waals surface area contributed by atoms with Crippen LogP contribution >= 0.6 is 0 Å². The van der Waals surface area contributed by atoms with E-state index in [2.05, 4.69) is 36.9 Å². The van der Waals surface area contributed by atoms with E-state index >= 15 is 0 Å². The first-order chi connectivity index (χ1) is 9.17. The number of nitrogens with two attached hydrogens (primary N) is 1. The van der Waals surface area contributed by atoms with Crippen LogP contribution in [0.3, 0.4) is 0 Å². The quantitative estimate of drug-likeness (QED) is 0.906. The van der Waals surface area contributed by atoms with Gasteiger partial charge in [0.25, 0.3) is 0 Å². The van der Waals surface area contributed by atoms with Crippen molar-refractivity contribution < 1.29 is 4.74 Å². The molecular formula is C16H26N2O. The van der Waals surface area contributed by atoms with Crippen LogP contribution in [0.2, 0.25) is 0 Å². The number of nitrogens with zero attached hydrogens (tertiary/aromatic N) is 1. The van der Waals surface area contributed by atoms with Gasteiger partial charge in [0.2, 0.25) is 0 Å². The van der Waals surface area contributed by atoms with Gasteiger partial charge in [-0.1, -0.05) is 18.6 Å². The molecule has 3 atom stereocenters. The molecule has 0 spiro atoms. The van der Waals surface area contributed by atoms with Crippen LogP contribution in [-0.2, 0) is 0 Å². The lowest BCUT2D eigenvalue weighted by molar-refractivity contribution is 0.0577. The molecule has 1 aliphatic rings. The molecule has 1 unspecified atom stereocenters. The first kappa shape index (κ1) is 14.4. The molecule has 0 bridgehead atoms. The Morgan fingerprint density at radius 3 is 2.58 bits per heavy atom. The van der Waals surface area contributed by atoms with Crippen molar-refractivity contribution in [1.29, 1.82) is 0 Å². The maximum atomic E-state index is 6.07. The Balaban J connectivity index is 2.26. The van der Waals surface area contributed by atoms with Gasteiger partial charge in [-0.3, -0.25) is 4.90 Å². The molecule has 1 fully saturated rings. The van der Waals surface area contributed by atoms with Gasteiger partial charge in [-0.15, -0.1) is 0 Å². The first-order valence-electron chi connectivity index (χ1n) is 7.28. The molecule has 3 heteroatoms. The molecule has 0 aliphatic carbocycles. The van der Waals surface area contributed by atoms with Crippen LogP contribution in [0.15, 0.2) is 24.3 Å². The van der Waals surface area contributed by atoms with Crippen LogP contribution in [0.1, 0.15) is 44.7 Å². The Kier molecular flexibility index (Phi) is 4.83. The molecule has 19 heavy (non-hydrogen) atoms. The average molecular weight is 262 g/mol. The van der Waals surface area contributed by atoms with Gasteiger partial charge in [-0.05, 0) is 44.4 Å². The Morgan fingerprint density at radius 1 is 1.32 bits per heavy atom. The minimum absolute atomic E-state index is 0.292. The second kappa shape index (κ2) is 6.40. The molecule has 1 aromatic carbocycles. The zero-order chi connectivity index (χ0) is 13.8. The lowest BCUT2D eigenvalue weighted by Crippen LogP contribution is -2.48. The lowest BCUT2D eigenvalue weighted by atomic mass is 9.92. The zero-order valence-corrected chi connectivity index (χ0v) is 12.3. The fourth-order valence-corrected chi connectivity index (χ4v) is 3.33. The summed E-state index contributed by atoms with van der Waals surface area (Å²) in [5, 5.41) is 0. The van der Waals surface area contributed by atoms with Crippen molar-refractivity contribution >= 4 is 0 Å². The summed E-state index contributed by atoms with van der Waals surface area (Å²) in [6.07, 6.45) is 3.86. The fourth-order valence-electron chi connectivity index (χ4n) is 3.33. The molecule has 0 aromatic heterocycles. The van der Waals surface area contributed by atoms with Gasteiger partial charge in [-0.2, -0.15) is 0 Å². The summed E-state index contributed by atoms with van der Waals surface area (Å²) in [6, 6.07) is 9.81. The van der Waals surface area contributed by atoms with E-state index in [1.807, 2.05) is 6.07 Å². The number of ether oxygens (including phenoxy) is 1. The maximum Gasteiger partial charge on any atom is 0.119 e. The van der Waals surface area contributed by atoms with E-state index in [0.717, 1.165) is 5.75 Å². The SMILES string of the molecule is COc1cccc(C(CN)N2[C@H](C)CCC[C@@H]2C)c1. The number of methoxy groups -OCH3 is 1. The molecule has 2 N–H and O–H groups in total. The topological polar surface area (TPSA) is 38.5 Å². The summed E-state index contributed by atoms with van der Waals surface area (Å²) in [5.41, 5.74) is 7.34. The second-order valence-corrected chi connectivity index (χ2v) is 5.60. The van der Waals surface area contributed by atoms with Crippen molar-refractivity contribution in [2.24, 2.45) is 5.73 Å². The maximum absolute atomic E-state index is 6.07. The van der Waals surface area contributed by atoms with Gasteiger partial charge in [-0.25, -0.2) is 0 Å². The van der Waals surface area contributed by atoms with E-state index in [0.29, 0.717) is 24.7 Å². The number of rotatable bonds is 4. The van der Waals surface area contributed by atoms with E-state index < -0.39 is 0 Å². The van der Waals surface area contributed by atoms with Gasteiger partial charge in [0.1, 0.15) is 5.75 Å². The highest BCUT2D eigenvalue weighted by Gasteiger charge is 2.31. The van der Waals surface area contributed by atoms with Crippen molar-refractivity contribution in [3.05, 3.63) is 29.8 Å². The third-order valence-corrected chi connectivity index (χ3v) is 4.32. The molecule has 106 valence electrons. The van der Waals surface area contributed by atoms with Crippen LogP contribution < -0.4 is 10.5 Å². The Labute approximate surface area is 116 Å². The fraction of sp³-hybridized carbons (Fsp3) is 0.625. The monoisotopic (exact) mass is 262 g/mol. The molecule has 0 amide bonds. The highest BCUT2D eigenvalue weighted by atomic mass is 16.5. The lowest BCUT2D eigenvalue weighted by Gasteiger charge is -2.44. The highest BCUT2D eigenvalue weighted by molar-refractivity contribution is 5.31. The summed E-state index contributed by atoms with van der Waals surface area (Å²) < 4.78 is 5.33. The molecule has 1 aromatic rings. The van der Waals surface area contributed by atoms with E-state index in [1.54, 1.807) is 7.11 Å². The summed E-state index contributed by atoms with van der Waals surface area (Å²) in [4.78, 5) is 2.58. The van der Waals surface area contributed by atoms with Gasteiger partial charge >= 0.3 is 0 Å². The molecule has 1 heterocycles. The standard InChI is InChI=1S/C16H26N2O/c1-12-6-4-7-13(2)18(12)16(11-17)14-8-5-9-15(10-14)19-3/h5,8-10,12-13,16H,4,6-7,11,17H2,1-3H3/t12-,13+,16?. The van der Waals surface area contributed by atoms with Crippen LogP contribution in [-0.4, -0.2) is 30.6 Å². The average Bonchev–Trinajstić information content (AvgIpc) is 2.43. The third kappa shape index (κ3) is 3.10. The van der Waals surface area contributed by atoms with E-state index in [-0.39, 0.29) is 0 Å². The van der Waals surface area contributed by atoms with E-state index in [9.17, 15) is 0 Å². The van der Waals surface area contributed by atoms with Crippen LogP contribution in [0.5, 0.6) is 5.75 Å². The Bertz CT molecular complexity index is 397. The summed E-state index contributed by atoms with van der Waals surface area (Å²) in [6.45, 7) is 5.29. The predicted molar refractivity (Wildman–Crippen MR) is 79.4 cm³/mol. The van der Waals surface area contributed by atoms with Crippen LogP contribution in [0.25, 0.3) is 0 Å². The molecule has 0 radical (unpaired) electrons. The minimum atomic E-state index is 0.292. The van der Waals surface area contributed by atoms with Crippen molar-refractivity contribution in [3.8, 4) is 5.75 Å². The largest absolute Gasteiger partial charge is 0.497 e. The van der Waals surface area contributed by atoms with Gasteiger partial charge in [0, 0.05) is 24.7 Å². The number of benzene rings is 1. The van der Waals surface area contributed by atoms with Crippen molar-refractivity contribution in [3.63, 3.8) is 0 Å². The number of likely N-dealkylation sites (tertiary alicyclic amines) is 1. The third-order valence-electron chi connectivity index (χ3n) is 4.32. The van der Waals surface area contributed by atoms with Gasteiger partial charge in [0.05, 0.1) is 7.11 Å². The Morgan fingerprint density at radius 2 is 2.00 bits per heavy atom. The van der Waals surface area contributed by atoms with Crippen molar-refractivity contribution in [2.75, 3.05) is 13.7 Å². The van der Waals surface area contributed by atoms with Crippen molar-refractivity contribution in [2.45, 2.75) is 51.2 Å². The molecule has 1 aliphatic heterocycles. The van der Waals surface area contributed by atoms with Crippen molar-refractivity contribution in [1.82, 2.24) is 4.90 Å². The smallest absolute Gasteiger partial charge is 0.119 e. The molecule has 1 saturated heterocycles. The highest BCUT2D eigenvalue weighted by Crippen LogP contribution is 2.32. The summed E-state index contributed by atoms with van der Waals surface area (Å²) >= 11 is 0. The zero-order valence-electron chi connectivity index (χ0n) is 12.3. The number of hydrogen-bond donors (Lipinski definition) is 1. The molecular weight excluding hydrogens is 236 g/mol. The molecule has 3 nitrogen and oxygen atoms in total. The number of piperidine rings is 1. The van der Waals surface area contributed by atoms with Gasteiger partial charge < -0.3 is 10.5 Å². The van der Waals surface area contributed by atoms with Gasteiger partial charge in [0.15, 0.2) is 0 Å². The predicted octanol–water partition coefficient (Wildman–Crippen LogP) is 2.96. The molecule has 2 rings (SSSR count). The van der Waals surface area contributed by atoms with Crippen LogP contribution in [0, 0.1) is 0 Å². The second-order valence-electron chi connectivity index (χ2n) is 5.60. The molecule has 0 saturated carbocycles. The van der Waals surface area contributed by atoms with Crippen LogP contribution in [0.4, 0.5) is 0 Å². The normalized spacial score (nSPS) is 26.1. The van der Waals surface area contributed by atoms with E-state index in [1.165, 1.54) is 24.8 Å². The minimum Gasteiger partial charge on any atom is -0.497 e. The summed E-state index contributed by atoms with van der Waals surface area (Å²) in [5.74, 6) is 0.910. The number of hydrogen-bond acceptors (Lipinski definition) is 3. The first-order valence-corrected chi connectivity index (χ1v) is 7.28. The van der Waals surface area contributed by atoms with E-state index in [4.69, 9.17) is 10.5 Å². The Hall–Kier alpha value is -1.06.